The number of alkyl halides is 3. The molecule has 0 radical (unpaired) electrons. The normalized spacial score (nSPS) is 38.5. The first-order valence-electron chi connectivity index (χ1n) is 3.96. The van der Waals surface area contributed by atoms with Gasteiger partial charge in [0.1, 0.15) is 0 Å². The minimum atomic E-state index is -3.99. The molecule has 0 unspecified atom stereocenters. The first-order chi connectivity index (χ1) is 4.89. The van der Waals surface area contributed by atoms with E-state index >= 15 is 0 Å². The van der Waals surface area contributed by atoms with Crippen LogP contribution in [0.4, 0.5) is 13.2 Å². The van der Waals surface area contributed by atoms with Gasteiger partial charge in [-0.1, -0.05) is 20.3 Å². The number of hydrogen-bond donors (Lipinski definition) is 0. The van der Waals surface area contributed by atoms with Crippen LogP contribution in [0, 0.1) is 11.3 Å². The minimum absolute atomic E-state index is 0.307. The summed E-state index contributed by atoms with van der Waals surface area (Å²) in [4.78, 5) is 0. The van der Waals surface area contributed by atoms with E-state index in [1.807, 2.05) is 6.92 Å². The molecule has 0 N–H and O–H groups in total. The Hall–Kier alpha value is -0.210. The van der Waals surface area contributed by atoms with Crippen molar-refractivity contribution in [2.45, 2.75) is 39.3 Å². The molecule has 0 saturated heterocycles. The molecule has 0 nitrogen and oxygen atoms in total. The van der Waals surface area contributed by atoms with Crippen LogP contribution in [0.5, 0.6) is 0 Å². The fourth-order valence-corrected chi connectivity index (χ4v) is 1.73. The molecular weight excluding hydrogens is 153 g/mol. The number of rotatable bonds is 1. The lowest BCUT2D eigenvalue weighted by Gasteiger charge is -2.46. The average Bonchev–Trinajstić information content (AvgIpc) is 1.78. The molecule has 66 valence electrons. The molecule has 0 spiro atoms. The van der Waals surface area contributed by atoms with E-state index in [9.17, 15) is 13.2 Å². The van der Waals surface area contributed by atoms with Crippen LogP contribution in [-0.4, -0.2) is 6.18 Å². The molecule has 0 amide bonds. The summed E-state index contributed by atoms with van der Waals surface area (Å²) < 4.78 is 36.6. The van der Waals surface area contributed by atoms with Crippen LogP contribution in [0.3, 0.4) is 0 Å². The predicted molar refractivity (Wildman–Crippen MR) is 37.2 cm³/mol. The van der Waals surface area contributed by atoms with E-state index in [0.29, 0.717) is 18.8 Å². The van der Waals surface area contributed by atoms with Crippen molar-refractivity contribution < 1.29 is 13.2 Å². The lowest BCUT2D eigenvalue weighted by Crippen LogP contribution is -2.46. The lowest BCUT2D eigenvalue weighted by molar-refractivity contribution is -0.256. The topological polar surface area (TPSA) is 0 Å². The van der Waals surface area contributed by atoms with Crippen LogP contribution in [-0.2, 0) is 0 Å². The molecule has 0 aromatic heterocycles. The Kier molecular flexibility index (Phi) is 1.93. The number of halogens is 3. The molecule has 3 heteroatoms. The monoisotopic (exact) mass is 166 g/mol. The second kappa shape index (κ2) is 2.39. The van der Waals surface area contributed by atoms with Gasteiger partial charge in [-0.15, -0.1) is 0 Å². The van der Waals surface area contributed by atoms with E-state index in [1.54, 1.807) is 0 Å². The molecule has 0 aliphatic heterocycles. The van der Waals surface area contributed by atoms with Gasteiger partial charge >= 0.3 is 6.18 Å². The van der Waals surface area contributed by atoms with Gasteiger partial charge in [-0.25, -0.2) is 0 Å². The highest BCUT2D eigenvalue weighted by Crippen LogP contribution is 2.56. The van der Waals surface area contributed by atoms with E-state index in [4.69, 9.17) is 0 Å². The lowest BCUT2D eigenvalue weighted by atomic mass is 9.62. The van der Waals surface area contributed by atoms with Crippen molar-refractivity contribution in [3.8, 4) is 0 Å². The van der Waals surface area contributed by atoms with Crippen molar-refractivity contribution in [3.63, 3.8) is 0 Å². The standard InChI is InChI=1S/C8H13F3/c1-3-6-4-7(2,5-6)8(9,10)11/h6H,3-5H2,1-2H3. The maximum absolute atomic E-state index is 12.2. The summed E-state index contributed by atoms with van der Waals surface area (Å²) in [7, 11) is 0. The van der Waals surface area contributed by atoms with E-state index in [0.717, 1.165) is 6.42 Å². The van der Waals surface area contributed by atoms with Crippen molar-refractivity contribution in [3.05, 3.63) is 0 Å². The molecule has 1 rings (SSSR count). The van der Waals surface area contributed by atoms with E-state index in [-0.39, 0.29) is 0 Å². The first kappa shape index (κ1) is 8.88. The highest BCUT2D eigenvalue weighted by Gasteiger charge is 2.57. The molecule has 1 saturated carbocycles. The van der Waals surface area contributed by atoms with Crippen LogP contribution in [0.1, 0.15) is 33.1 Å². The summed E-state index contributed by atoms with van der Waals surface area (Å²) in [5, 5.41) is 0. The SMILES string of the molecule is CCC1CC(C)(C(F)(F)F)C1. The summed E-state index contributed by atoms with van der Waals surface area (Å²) in [5.41, 5.74) is -1.37. The largest absolute Gasteiger partial charge is 0.394 e. The van der Waals surface area contributed by atoms with Crippen LogP contribution in [0.15, 0.2) is 0 Å². The highest BCUT2D eigenvalue weighted by atomic mass is 19.4. The quantitative estimate of drug-likeness (QED) is 0.560. The summed E-state index contributed by atoms with van der Waals surface area (Å²) >= 11 is 0. The molecule has 1 aliphatic rings. The van der Waals surface area contributed by atoms with Crippen LogP contribution < -0.4 is 0 Å². The second-order valence-corrected chi connectivity index (χ2v) is 3.74. The summed E-state index contributed by atoms with van der Waals surface area (Å²) in [6.07, 6.45) is -2.45. The summed E-state index contributed by atoms with van der Waals surface area (Å²) in [6.45, 7) is 3.26. The summed E-state index contributed by atoms with van der Waals surface area (Å²) in [5.74, 6) is 0.307. The number of hydrogen-bond acceptors (Lipinski definition) is 0. The maximum atomic E-state index is 12.2. The van der Waals surface area contributed by atoms with Gasteiger partial charge in [0.15, 0.2) is 0 Å². The van der Waals surface area contributed by atoms with Crippen LogP contribution in [0.25, 0.3) is 0 Å². The van der Waals surface area contributed by atoms with Gasteiger partial charge in [0.25, 0.3) is 0 Å². The van der Waals surface area contributed by atoms with Crippen molar-refractivity contribution >= 4 is 0 Å². The van der Waals surface area contributed by atoms with Crippen molar-refractivity contribution in [2.75, 3.05) is 0 Å². The van der Waals surface area contributed by atoms with E-state index in [1.165, 1.54) is 6.92 Å². The van der Waals surface area contributed by atoms with Gasteiger partial charge in [-0.05, 0) is 18.8 Å². The van der Waals surface area contributed by atoms with Gasteiger partial charge in [-0.3, -0.25) is 0 Å². The smallest absolute Gasteiger partial charge is 0.171 e. The molecule has 0 bridgehead atoms. The Bertz CT molecular complexity index is 142. The third kappa shape index (κ3) is 1.37. The van der Waals surface area contributed by atoms with Gasteiger partial charge in [-0.2, -0.15) is 13.2 Å². The third-order valence-corrected chi connectivity index (χ3v) is 2.74. The maximum Gasteiger partial charge on any atom is 0.394 e. The zero-order valence-electron chi connectivity index (χ0n) is 6.83. The average molecular weight is 166 g/mol. The second-order valence-electron chi connectivity index (χ2n) is 3.74. The van der Waals surface area contributed by atoms with Crippen molar-refractivity contribution in [2.24, 2.45) is 11.3 Å². The molecule has 0 atom stereocenters. The minimum Gasteiger partial charge on any atom is -0.171 e. The fraction of sp³-hybridized carbons (Fsp3) is 1.00. The third-order valence-electron chi connectivity index (χ3n) is 2.74. The van der Waals surface area contributed by atoms with E-state index in [2.05, 4.69) is 0 Å². The first-order valence-corrected chi connectivity index (χ1v) is 3.96. The van der Waals surface area contributed by atoms with Gasteiger partial charge < -0.3 is 0 Å². The Morgan fingerprint density at radius 3 is 2.09 bits per heavy atom. The zero-order chi connectivity index (χ0) is 8.70. The molecule has 0 aromatic rings. The van der Waals surface area contributed by atoms with Crippen LogP contribution in [0.2, 0.25) is 0 Å². The molecule has 0 aromatic carbocycles. The Balaban J connectivity index is 2.49. The Labute approximate surface area is 64.8 Å². The molecule has 1 fully saturated rings. The van der Waals surface area contributed by atoms with Gasteiger partial charge in [0.05, 0.1) is 5.41 Å². The van der Waals surface area contributed by atoms with Crippen molar-refractivity contribution in [1.82, 2.24) is 0 Å². The highest BCUT2D eigenvalue weighted by molar-refractivity contribution is 4.94. The van der Waals surface area contributed by atoms with Crippen molar-refractivity contribution in [1.29, 1.82) is 0 Å². The van der Waals surface area contributed by atoms with Crippen LogP contribution >= 0.6 is 0 Å². The Morgan fingerprint density at radius 2 is 1.82 bits per heavy atom. The molecule has 0 heterocycles. The predicted octanol–water partition coefficient (Wildman–Crippen LogP) is 3.38. The zero-order valence-corrected chi connectivity index (χ0v) is 6.83. The molecule has 1 aliphatic carbocycles. The fourth-order valence-electron chi connectivity index (χ4n) is 1.73. The molecule has 11 heavy (non-hydrogen) atoms. The Morgan fingerprint density at radius 1 is 1.36 bits per heavy atom. The van der Waals surface area contributed by atoms with Gasteiger partial charge in [0, 0.05) is 0 Å². The molecular formula is C8H13F3. The van der Waals surface area contributed by atoms with E-state index < -0.39 is 11.6 Å². The van der Waals surface area contributed by atoms with Gasteiger partial charge in [0.2, 0.25) is 0 Å². The summed E-state index contributed by atoms with van der Waals surface area (Å²) in [6, 6.07) is 0.